The molecular formula is C12H19IN2O3S. The van der Waals surface area contributed by atoms with Crippen molar-refractivity contribution >= 4 is 42.4 Å². The molecule has 1 saturated heterocycles. The predicted octanol–water partition coefficient (Wildman–Crippen LogP) is 3.46. The van der Waals surface area contributed by atoms with Crippen LogP contribution in [-0.2, 0) is 0 Å². The van der Waals surface area contributed by atoms with Crippen LogP contribution in [0, 0.1) is 10.1 Å². The summed E-state index contributed by atoms with van der Waals surface area (Å²) in [6.45, 7) is 5.41. The van der Waals surface area contributed by atoms with E-state index in [2.05, 4.69) is 9.80 Å². The first-order valence-corrected chi connectivity index (χ1v) is 9.24. The molecule has 2 rings (SSSR count). The maximum Gasteiger partial charge on any atom is 0.269 e. The summed E-state index contributed by atoms with van der Waals surface area (Å²) in [5.74, 6) is 0. The summed E-state index contributed by atoms with van der Waals surface area (Å²) in [5.41, 5.74) is 1.02. The van der Waals surface area contributed by atoms with Crippen LogP contribution >= 0.6 is 31.0 Å². The molecular weight excluding hydrogens is 379 g/mol. The summed E-state index contributed by atoms with van der Waals surface area (Å²) in [6, 6.07) is 6.41. The van der Waals surface area contributed by atoms with Crippen molar-refractivity contribution in [1.29, 1.82) is 0 Å². The maximum absolute atomic E-state index is 10.4. The lowest BCUT2D eigenvalue weighted by molar-refractivity contribution is -0.384. The maximum atomic E-state index is 10.4. The van der Waals surface area contributed by atoms with Crippen LogP contribution in [0.2, 0.25) is 0 Å². The van der Waals surface area contributed by atoms with E-state index in [1.54, 1.807) is 12.1 Å². The molecule has 108 valence electrons. The second-order valence-electron chi connectivity index (χ2n) is 3.66. The molecule has 7 heteroatoms. The van der Waals surface area contributed by atoms with Gasteiger partial charge in [0, 0.05) is 30.9 Å². The first kappa shape index (κ1) is 18.5. The fourth-order valence-corrected chi connectivity index (χ4v) is 1.76. The molecule has 0 spiro atoms. The second kappa shape index (κ2) is 10.3. The molecule has 1 aliphatic rings. The Morgan fingerprint density at radius 2 is 1.89 bits per heavy atom. The minimum absolute atomic E-state index is 0.0958. The number of nitro benzene ring substituents is 1. The van der Waals surface area contributed by atoms with Crippen molar-refractivity contribution in [3.63, 3.8) is 0 Å². The molecule has 0 bridgehead atoms. The summed E-state index contributed by atoms with van der Waals surface area (Å²) < 4.78 is 0. The van der Waals surface area contributed by atoms with Crippen molar-refractivity contribution in [2.24, 2.45) is 0 Å². The lowest BCUT2D eigenvalue weighted by Gasteiger charge is -2.17. The number of benzene rings is 1. The molecule has 1 N–H and O–H groups in total. The third-order valence-corrected chi connectivity index (χ3v) is 2.59. The van der Waals surface area contributed by atoms with Gasteiger partial charge in [-0.25, -0.2) is 0 Å². The van der Waals surface area contributed by atoms with Crippen molar-refractivity contribution in [1.82, 2.24) is 0 Å². The first-order chi connectivity index (χ1) is 9.16. The van der Waals surface area contributed by atoms with Gasteiger partial charge in [0.2, 0.25) is 0 Å². The van der Waals surface area contributed by atoms with Crippen LogP contribution in [0.3, 0.4) is 0 Å². The zero-order valence-electron chi connectivity index (χ0n) is 11.0. The lowest BCUT2D eigenvalue weighted by atomic mass is 10.2. The number of nitro groups is 1. The van der Waals surface area contributed by atoms with Gasteiger partial charge in [0.25, 0.3) is 5.69 Å². The number of hydrogen-bond donors (Lipinski definition) is 2. The third-order valence-electron chi connectivity index (χ3n) is 2.59. The first-order valence-electron chi connectivity index (χ1n) is 6.01. The van der Waals surface area contributed by atoms with E-state index in [9.17, 15) is 15.2 Å². The summed E-state index contributed by atoms with van der Waals surface area (Å²) in [7, 11) is 3.50. The van der Waals surface area contributed by atoms with E-state index in [4.69, 9.17) is 0 Å². The predicted molar refractivity (Wildman–Crippen MR) is 90.3 cm³/mol. The van der Waals surface area contributed by atoms with Crippen LogP contribution in [0.1, 0.15) is 20.3 Å². The Morgan fingerprint density at radius 1 is 1.37 bits per heavy atom. The van der Waals surface area contributed by atoms with Gasteiger partial charge in [-0.1, -0.05) is 13.8 Å². The number of rotatable bonds is 2. The average molecular weight is 398 g/mol. The van der Waals surface area contributed by atoms with Gasteiger partial charge in [0.15, 0.2) is 0 Å². The summed E-state index contributed by atoms with van der Waals surface area (Å²) in [4.78, 5) is 12.0. The monoisotopic (exact) mass is 398 g/mol. The van der Waals surface area contributed by atoms with E-state index < -0.39 is 4.92 Å². The molecule has 0 radical (unpaired) electrons. The van der Waals surface area contributed by atoms with E-state index in [1.165, 1.54) is 12.1 Å². The van der Waals surface area contributed by atoms with Crippen molar-refractivity contribution in [3.8, 4) is 0 Å². The molecule has 1 aromatic carbocycles. The fraction of sp³-hybridized carbons (Fsp3) is 0.500. The van der Waals surface area contributed by atoms with E-state index in [0.29, 0.717) is 6.54 Å². The minimum Gasteiger partial charge on any atom is -0.391 e. The van der Waals surface area contributed by atoms with Crippen LogP contribution in [0.15, 0.2) is 24.3 Å². The Bertz CT molecular complexity index is 376. The smallest absolute Gasteiger partial charge is 0.269 e. The van der Waals surface area contributed by atoms with E-state index in [1.807, 2.05) is 40.0 Å². The number of anilines is 1. The van der Waals surface area contributed by atoms with Crippen LogP contribution in [0.25, 0.3) is 0 Å². The minimum atomic E-state index is -0.414. The molecule has 0 aromatic heterocycles. The molecule has 0 saturated carbocycles. The molecule has 0 amide bonds. The average Bonchev–Trinajstić information content (AvgIpc) is 2.90. The van der Waals surface area contributed by atoms with Crippen molar-refractivity contribution in [2.75, 3.05) is 18.0 Å². The van der Waals surface area contributed by atoms with Gasteiger partial charge in [-0.05, 0) is 39.8 Å². The van der Waals surface area contributed by atoms with Gasteiger partial charge < -0.3 is 10.0 Å². The number of aliphatic hydroxyl groups is 1. The highest BCUT2D eigenvalue weighted by Crippen LogP contribution is 2.22. The van der Waals surface area contributed by atoms with Crippen molar-refractivity contribution in [2.45, 2.75) is 26.4 Å². The Labute approximate surface area is 131 Å². The largest absolute Gasteiger partial charge is 0.391 e. The highest BCUT2D eigenvalue weighted by Gasteiger charge is 2.20. The molecule has 1 fully saturated rings. The highest BCUT2D eigenvalue weighted by molar-refractivity contribution is 14.2. The SMILES string of the molecule is CC.O=[N+]([O-])c1ccc(N2CC[C@H](O)C2)cc1.SI. The number of nitrogens with zero attached hydrogens (tertiary/aromatic N) is 2. The third kappa shape index (κ3) is 5.96. The van der Waals surface area contributed by atoms with Gasteiger partial charge in [0.1, 0.15) is 0 Å². The molecule has 1 aromatic rings. The Balaban J connectivity index is 0.000000741. The summed E-state index contributed by atoms with van der Waals surface area (Å²) in [6.07, 6.45) is 0.483. The van der Waals surface area contributed by atoms with Gasteiger partial charge in [0.05, 0.1) is 11.0 Å². The summed E-state index contributed by atoms with van der Waals surface area (Å²) in [5, 5.41) is 19.8. The number of halogens is 1. The normalized spacial score (nSPS) is 16.9. The number of thiol groups is 1. The second-order valence-corrected chi connectivity index (χ2v) is 3.66. The van der Waals surface area contributed by atoms with Crippen LogP contribution < -0.4 is 4.90 Å². The zero-order chi connectivity index (χ0) is 14.8. The molecule has 5 nitrogen and oxygen atoms in total. The van der Waals surface area contributed by atoms with Gasteiger partial charge >= 0.3 is 0 Å². The zero-order valence-corrected chi connectivity index (χ0v) is 14.0. The summed E-state index contributed by atoms with van der Waals surface area (Å²) >= 11 is 1.84. The number of β-amino-alcohol motifs (C(OH)–C–C–N with tert-alkyl or cyclic N) is 1. The quantitative estimate of drug-likeness (QED) is 0.347. The number of hydrogen-bond acceptors (Lipinski definition) is 5. The van der Waals surface area contributed by atoms with Gasteiger partial charge in [-0.15, -0.1) is 9.80 Å². The molecule has 1 aliphatic heterocycles. The lowest BCUT2D eigenvalue weighted by Crippen LogP contribution is -2.20. The fourth-order valence-electron chi connectivity index (χ4n) is 1.76. The van der Waals surface area contributed by atoms with Crippen LogP contribution in [-0.4, -0.2) is 29.2 Å². The van der Waals surface area contributed by atoms with Gasteiger partial charge in [-0.3, -0.25) is 10.1 Å². The van der Waals surface area contributed by atoms with Crippen molar-refractivity contribution < 1.29 is 10.0 Å². The molecule has 1 heterocycles. The standard InChI is InChI=1S/C10H12N2O3.C2H6.HIS/c13-10-5-6-11(7-10)8-1-3-9(4-2-8)12(14)15;2*1-2/h1-4,10,13H,5-7H2;1-2H3;2H/t10-;;/m0../s1. The highest BCUT2D eigenvalue weighted by atomic mass is 127. The number of non-ortho nitro benzene ring substituents is 1. The van der Waals surface area contributed by atoms with Crippen molar-refractivity contribution in [3.05, 3.63) is 34.4 Å². The van der Waals surface area contributed by atoms with Gasteiger partial charge in [-0.2, -0.15) is 0 Å². The van der Waals surface area contributed by atoms with E-state index >= 15 is 0 Å². The van der Waals surface area contributed by atoms with E-state index in [-0.39, 0.29) is 11.8 Å². The molecule has 1 atom stereocenters. The molecule has 0 aliphatic carbocycles. The van der Waals surface area contributed by atoms with Crippen LogP contribution in [0.4, 0.5) is 11.4 Å². The van der Waals surface area contributed by atoms with E-state index in [0.717, 1.165) is 18.7 Å². The Morgan fingerprint density at radius 3 is 2.26 bits per heavy atom. The topological polar surface area (TPSA) is 66.6 Å². The number of aliphatic hydroxyl groups excluding tert-OH is 1. The molecule has 0 unspecified atom stereocenters. The Hall–Kier alpha value is -0.540. The molecule has 19 heavy (non-hydrogen) atoms. The Kier molecular flexibility index (Phi) is 9.98. The van der Waals surface area contributed by atoms with Crippen LogP contribution in [0.5, 0.6) is 0 Å².